The van der Waals surface area contributed by atoms with Crippen LogP contribution in [0.5, 0.6) is 0 Å². The van der Waals surface area contributed by atoms with E-state index in [4.69, 9.17) is 14.6 Å². The Kier molecular flexibility index (Phi) is 2.68. The summed E-state index contributed by atoms with van der Waals surface area (Å²) in [5, 5.41) is 12.8. The number of hydrogen-bond acceptors (Lipinski definition) is 6. The second-order valence-electron chi connectivity index (χ2n) is 7.86. The van der Waals surface area contributed by atoms with Gasteiger partial charge in [-0.25, -0.2) is 0 Å². The number of ether oxygens (including phenoxy) is 1. The molecule has 3 unspecified atom stereocenters. The molecule has 0 aromatic heterocycles. The van der Waals surface area contributed by atoms with Gasteiger partial charge in [0.2, 0.25) is 0 Å². The smallest absolute Gasteiger partial charge is 0.310 e. The third-order valence-corrected chi connectivity index (χ3v) is 7.24. The molecule has 4 aliphatic heterocycles. The van der Waals surface area contributed by atoms with Crippen molar-refractivity contribution in [3.63, 3.8) is 0 Å². The van der Waals surface area contributed by atoms with Crippen molar-refractivity contribution >= 4 is 17.4 Å². The molecule has 5 fully saturated rings. The number of aliphatic hydroxyl groups excluding tert-OH is 1. The Labute approximate surface area is 151 Å². The van der Waals surface area contributed by atoms with Crippen molar-refractivity contribution < 1.29 is 19.5 Å². The van der Waals surface area contributed by atoms with Gasteiger partial charge in [0.1, 0.15) is 0 Å². The molecule has 0 amide bonds. The van der Waals surface area contributed by atoms with Crippen molar-refractivity contribution in [1.82, 2.24) is 5.06 Å². The summed E-state index contributed by atoms with van der Waals surface area (Å²) in [6.45, 7) is 2.01. The fraction of sp³-hybridized carbons (Fsp3) is 0.500. The zero-order valence-corrected chi connectivity index (χ0v) is 14.6. The fourth-order valence-electron chi connectivity index (χ4n) is 6.62. The van der Waals surface area contributed by atoms with E-state index in [9.17, 15) is 9.90 Å². The molecule has 6 nitrogen and oxygen atoms in total. The molecule has 8 atom stereocenters. The predicted molar refractivity (Wildman–Crippen MR) is 92.6 cm³/mol. The first-order chi connectivity index (χ1) is 12.6. The number of nitrogens with zero attached hydrogens (tertiary/aromatic N) is 2. The average molecular weight is 352 g/mol. The normalized spacial score (nSPS) is 47.7. The maximum absolute atomic E-state index is 13.1. The Bertz CT molecular complexity index is 909. The number of para-hydroxylation sites is 1. The lowest BCUT2D eigenvalue weighted by Crippen LogP contribution is -2.74. The number of benzene rings is 1. The SMILES string of the molecule is C/C=C1\[C@@H]2C[C@H]3C4=Nc5ccccc5C4(C4[C@@H](O)ON3[C@@H]14)[C@@H]2C(=O)OC. The van der Waals surface area contributed by atoms with E-state index in [1.54, 1.807) is 0 Å². The van der Waals surface area contributed by atoms with E-state index >= 15 is 0 Å². The minimum Gasteiger partial charge on any atom is -0.469 e. The number of piperidine rings is 2. The highest BCUT2D eigenvalue weighted by molar-refractivity contribution is 6.10. The molecule has 4 heterocycles. The van der Waals surface area contributed by atoms with Gasteiger partial charge in [-0.3, -0.25) is 14.6 Å². The van der Waals surface area contributed by atoms with Crippen LogP contribution >= 0.6 is 0 Å². The van der Waals surface area contributed by atoms with Crippen LogP contribution in [0.2, 0.25) is 0 Å². The molecule has 134 valence electrons. The van der Waals surface area contributed by atoms with E-state index in [0.29, 0.717) is 0 Å². The van der Waals surface area contributed by atoms with E-state index in [-0.39, 0.29) is 35.8 Å². The summed E-state index contributed by atoms with van der Waals surface area (Å²) in [7, 11) is 1.45. The van der Waals surface area contributed by atoms with E-state index in [0.717, 1.165) is 23.4 Å². The second-order valence-corrected chi connectivity index (χ2v) is 7.86. The van der Waals surface area contributed by atoms with Crippen molar-refractivity contribution in [3.8, 4) is 0 Å². The first kappa shape index (κ1) is 15.1. The molecule has 1 spiro atoms. The number of carbonyl (C=O) groups is 1. The van der Waals surface area contributed by atoms with Gasteiger partial charge in [0.25, 0.3) is 0 Å². The standard InChI is InChI=1S/C20H20N2O4/c1-3-9-10-8-13-17-20(14(10)18(23)25-2,11-6-4-5-7-12(11)21-17)15-16(9)22(13)26-19(15)24/h3-7,10,13-16,19,24H,8H2,1-2H3/b9-3+/t10-,13-,14-,15?,16-,19-,20?/m0/s1. The molecule has 2 saturated carbocycles. The Hall–Kier alpha value is -2.02. The minimum absolute atomic E-state index is 0.00425. The zero-order chi connectivity index (χ0) is 17.8. The van der Waals surface area contributed by atoms with Crippen LogP contribution in [0.4, 0.5) is 5.69 Å². The molecular formula is C20H20N2O4. The Morgan fingerprint density at radius 1 is 1.46 bits per heavy atom. The maximum atomic E-state index is 13.1. The van der Waals surface area contributed by atoms with Crippen LogP contribution in [-0.2, 0) is 19.8 Å². The van der Waals surface area contributed by atoms with Crippen molar-refractivity contribution in [2.45, 2.75) is 37.1 Å². The largest absolute Gasteiger partial charge is 0.469 e. The average Bonchev–Trinajstić information content (AvgIpc) is 3.16. The quantitative estimate of drug-likeness (QED) is 0.615. The number of carbonyl (C=O) groups excluding carboxylic acids is 1. The van der Waals surface area contributed by atoms with Crippen LogP contribution in [0.3, 0.4) is 0 Å². The highest BCUT2D eigenvalue weighted by Crippen LogP contribution is 2.69. The van der Waals surface area contributed by atoms with Gasteiger partial charge in [-0.1, -0.05) is 29.8 Å². The number of fused-ring (bicyclic) bond motifs is 1. The number of aliphatic imine (C=N–C) groups is 1. The van der Waals surface area contributed by atoms with E-state index in [1.165, 1.54) is 12.7 Å². The van der Waals surface area contributed by atoms with Gasteiger partial charge in [0.15, 0.2) is 6.29 Å². The van der Waals surface area contributed by atoms with Crippen molar-refractivity contribution in [1.29, 1.82) is 0 Å². The Morgan fingerprint density at radius 3 is 3.04 bits per heavy atom. The monoisotopic (exact) mass is 352 g/mol. The van der Waals surface area contributed by atoms with Gasteiger partial charge < -0.3 is 9.84 Å². The minimum atomic E-state index is -0.956. The number of hydroxylamine groups is 2. The number of methoxy groups -OCH3 is 1. The number of allylic oxidation sites excluding steroid dienone is 1. The molecule has 6 aliphatic rings. The van der Waals surface area contributed by atoms with E-state index < -0.39 is 11.7 Å². The van der Waals surface area contributed by atoms with Gasteiger partial charge in [0, 0.05) is 5.92 Å². The molecule has 7 rings (SSSR count). The van der Waals surface area contributed by atoms with Gasteiger partial charge in [0.05, 0.1) is 41.9 Å². The summed E-state index contributed by atoms with van der Waals surface area (Å²) in [5.74, 6) is -0.762. The van der Waals surface area contributed by atoms with Gasteiger partial charge >= 0.3 is 5.97 Å². The van der Waals surface area contributed by atoms with Crippen LogP contribution in [0, 0.1) is 17.8 Å². The summed E-state index contributed by atoms with van der Waals surface area (Å²) in [4.78, 5) is 23.9. The predicted octanol–water partition coefficient (Wildman–Crippen LogP) is 1.71. The van der Waals surface area contributed by atoms with Crippen LogP contribution in [0.25, 0.3) is 0 Å². The molecular weight excluding hydrogens is 332 g/mol. The molecule has 1 aromatic carbocycles. The van der Waals surface area contributed by atoms with E-state index in [1.807, 2.05) is 30.2 Å². The lowest BCUT2D eigenvalue weighted by Gasteiger charge is -2.63. The summed E-state index contributed by atoms with van der Waals surface area (Å²) in [6, 6.07) is 8.00. The van der Waals surface area contributed by atoms with Crippen LogP contribution in [0.15, 0.2) is 40.9 Å². The summed E-state index contributed by atoms with van der Waals surface area (Å²) in [5.41, 5.74) is 3.46. The summed E-state index contributed by atoms with van der Waals surface area (Å²) < 4.78 is 5.27. The molecule has 2 aliphatic carbocycles. The lowest BCUT2D eigenvalue weighted by molar-refractivity contribution is -0.234. The van der Waals surface area contributed by atoms with Crippen LogP contribution in [0.1, 0.15) is 18.9 Å². The topological polar surface area (TPSA) is 71.4 Å². The molecule has 6 bridgehead atoms. The van der Waals surface area contributed by atoms with Gasteiger partial charge in [-0.15, -0.1) is 0 Å². The van der Waals surface area contributed by atoms with Crippen molar-refractivity contribution in [3.05, 3.63) is 41.5 Å². The second kappa shape index (κ2) is 4.63. The number of esters is 1. The highest BCUT2D eigenvalue weighted by atomic mass is 16.8. The lowest BCUT2D eigenvalue weighted by atomic mass is 9.43. The maximum Gasteiger partial charge on any atom is 0.310 e. The third kappa shape index (κ3) is 1.34. The first-order valence-corrected chi connectivity index (χ1v) is 9.20. The first-order valence-electron chi connectivity index (χ1n) is 9.20. The third-order valence-electron chi connectivity index (χ3n) is 7.24. The van der Waals surface area contributed by atoms with Crippen molar-refractivity contribution in [2.24, 2.45) is 22.7 Å². The van der Waals surface area contributed by atoms with Crippen LogP contribution in [-0.4, -0.2) is 47.3 Å². The molecule has 1 aromatic rings. The summed E-state index contributed by atoms with van der Waals surface area (Å²) >= 11 is 0. The molecule has 26 heavy (non-hydrogen) atoms. The molecule has 1 N–H and O–H groups in total. The molecule has 0 radical (unpaired) electrons. The van der Waals surface area contributed by atoms with Gasteiger partial charge in [-0.05, 0) is 30.9 Å². The molecule has 6 heteroatoms. The molecule has 3 saturated heterocycles. The highest BCUT2D eigenvalue weighted by Gasteiger charge is 2.78. The Morgan fingerprint density at radius 2 is 2.27 bits per heavy atom. The number of hydrogen-bond donors (Lipinski definition) is 1. The number of aliphatic hydroxyl groups is 1. The zero-order valence-electron chi connectivity index (χ0n) is 14.6. The Balaban J connectivity index is 1.71. The summed E-state index contributed by atoms with van der Waals surface area (Å²) in [6.07, 6.45) is 1.91. The fourth-order valence-corrected chi connectivity index (χ4v) is 6.62. The number of rotatable bonds is 1. The van der Waals surface area contributed by atoms with E-state index in [2.05, 4.69) is 12.1 Å². The van der Waals surface area contributed by atoms with Crippen LogP contribution < -0.4 is 0 Å². The van der Waals surface area contributed by atoms with Crippen molar-refractivity contribution in [2.75, 3.05) is 7.11 Å². The van der Waals surface area contributed by atoms with Gasteiger partial charge in [-0.2, -0.15) is 5.06 Å².